The lowest BCUT2D eigenvalue weighted by molar-refractivity contribution is -0.132. The first-order chi connectivity index (χ1) is 15.2. The third kappa shape index (κ3) is 4.00. The number of hydrogen-bond acceptors (Lipinski definition) is 1. The Hall–Kier alpha value is -3.33. The SMILES string of the molecule is Cn1cc(C(CC(=O)N2CCc3ccccc3C2)Cc2ccccc2)c2ccccc21. The molecule has 5 rings (SSSR count). The molecule has 3 aromatic carbocycles. The molecule has 0 N–H and O–H groups in total. The van der Waals surface area contributed by atoms with Crippen molar-refractivity contribution in [3.63, 3.8) is 0 Å². The molecule has 0 bridgehead atoms. The molecule has 1 aliphatic rings. The van der Waals surface area contributed by atoms with Crippen LogP contribution in [0.5, 0.6) is 0 Å². The maximum atomic E-state index is 13.4. The minimum Gasteiger partial charge on any atom is -0.350 e. The number of carbonyl (C=O) groups excluding carboxylic acids is 1. The lowest BCUT2D eigenvalue weighted by atomic mass is 9.88. The van der Waals surface area contributed by atoms with Gasteiger partial charge >= 0.3 is 0 Å². The molecule has 31 heavy (non-hydrogen) atoms. The topological polar surface area (TPSA) is 25.2 Å². The van der Waals surface area contributed by atoms with Crippen LogP contribution in [0.3, 0.4) is 0 Å². The maximum absolute atomic E-state index is 13.4. The van der Waals surface area contributed by atoms with E-state index in [1.807, 2.05) is 11.0 Å². The van der Waals surface area contributed by atoms with Crippen molar-refractivity contribution < 1.29 is 4.79 Å². The fourth-order valence-corrected chi connectivity index (χ4v) is 4.94. The molecule has 0 saturated carbocycles. The second-order valence-corrected chi connectivity index (χ2v) is 8.64. The van der Waals surface area contributed by atoms with Crippen LogP contribution in [0.15, 0.2) is 85.1 Å². The molecule has 3 heteroatoms. The van der Waals surface area contributed by atoms with E-state index in [0.717, 1.165) is 25.9 Å². The van der Waals surface area contributed by atoms with E-state index in [2.05, 4.69) is 90.6 Å². The molecule has 0 spiro atoms. The summed E-state index contributed by atoms with van der Waals surface area (Å²) in [4.78, 5) is 15.5. The number of hydrogen-bond donors (Lipinski definition) is 0. The van der Waals surface area contributed by atoms with Gasteiger partial charge in [-0.15, -0.1) is 0 Å². The zero-order valence-corrected chi connectivity index (χ0v) is 18.0. The number of amides is 1. The average molecular weight is 409 g/mol. The predicted molar refractivity (Wildman–Crippen MR) is 126 cm³/mol. The minimum atomic E-state index is 0.151. The van der Waals surface area contributed by atoms with Gasteiger partial charge in [0.25, 0.3) is 0 Å². The summed E-state index contributed by atoms with van der Waals surface area (Å²) in [6, 6.07) is 27.6. The summed E-state index contributed by atoms with van der Waals surface area (Å²) in [5.41, 5.74) is 6.42. The summed E-state index contributed by atoms with van der Waals surface area (Å²) in [6.07, 6.45) is 4.56. The van der Waals surface area contributed by atoms with Crippen LogP contribution in [0.2, 0.25) is 0 Å². The second kappa shape index (κ2) is 8.43. The van der Waals surface area contributed by atoms with Crippen molar-refractivity contribution in [2.75, 3.05) is 6.54 Å². The van der Waals surface area contributed by atoms with Crippen LogP contribution in [0.25, 0.3) is 10.9 Å². The number of nitrogens with zero attached hydrogens (tertiary/aromatic N) is 2. The van der Waals surface area contributed by atoms with Gasteiger partial charge in [0, 0.05) is 43.7 Å². The molecular formula is C28H28N2O. The molecule has 1 unspecified atom stereocenters. The van der Waals surface area contributed by atoms with E-state index in [-0.39, 0.29) is 11.8 Å². The highest BCUT2D eigenvalue weighted by Crippen LogP contribution is 2.33. The standard InChI is InChI=1S/C28H28N2O/c1-29-20-26(25-13-7-8-14-27(25)29)24(17-21-9-3-2-4-10-21)18-28(31)30-16-15-22-11-5-6-12-23(22)19-30/h2-14,20,24H,15-19H2,1H3. The van der Waals surface area contributed by atoms with Gasteiger partial charge in [0.2, 0.25) is 5.91 Å². The second-order valence-electron chi connectivity index (χ2n) is 8.64. The zero-order chi connectivity index (χ0) is 21.2. The van der Waals surface area contributed by atoms with Crippen LogP contribution < -0.4 is 0 Å². The average Bonchev–Trinajstić information content (AvgIpc) is 3.15. The van der Waals surface area contributed by atoms with Crippen molar-refractivity contribution in [2.45, 2.75) is 31.7 Å². The highest BCUT2D eigenvalue weighted by Gasteiger charge is 2.26. The molecule has 0 radical (unpaired) electrons. The van der Waals surface area contributed by atoms with E-state index in [1.165, 1.54) is 33.2 Å². The Balaban J connectivity index is 1.44. The monoisotopic (exact) mass is 408 g/mol. The number of aryl methyl sites for hydroxylation is 1. The molecule has 3 nitrogen and oxygen atoms in total. The Kier molecular flexibility index (Phi) is 5.33. The maximum Gasteiger partial charge on any atom is 0.223 e. The van der Waals surface area contributed by atoms with Crippen LogP contribution in [-0.2, 0) is 31.2 Å². The summed E-state index contributed by atoms with van der Waals surface area (Å²) in [5.74, 6) is 0.404. The molecule has 1 atom stereocenters. The third-order valence-electron chi connectivity index (χ3n) is 6.60. The molecule has 1 aromatic heterocycles. The molecule has 1 amide bonds. The first kappa shape index (κ1) is 19.6. The molecule has 156 valence electrons. The first-order valence-electron chi connectivity index (χ1n) is 11.1. The van der Waals surface area contributed by atoms with Crippen LogP contribution >= 0.6 is 0 Å². The van der Waals surface area contributed by atoms with E-state index < -0.39 is 0 Å². The minimum absolute atomic E-state index is 0.151. The molecular weight excluding hydrogens is 380 g/mol. The van der Waals surface area contributed by atoms with Gasteiger partial charge in [-0.05, 0) is 47.1 Å². The highest BCUT2D eigenvalue weighted by atomic mass is 16.2. The van der Waals surface area contributed by atoms with Gasteiger partial charge in [-0.2, -0.15) is 0 Å². The summed E-state index contributed by atoms with van der Waals surface area (Å²) in [7, 11) is 2.09. The van der Waals surface area contributed by atoms with Crippen LogP contribution in [0.1, 0.15) is 34.6 Å². The normalized spacial score (nSPS) is 14.4. The van der Waals surface area contributed by atoms with E-state index >= 15 is 0 Å². The summed E-state index contributed by atoms with van der Waals surface area (Å²) < 4.78 is 2.18. The number of rotatable bonds is 5. The Morgan fingerprint density at radius 1 is 0.903 bits per heavy atom. The smallest absolute Gasteiger partial charge is 0.223 e. The Bertz CT molecular complexity index is 1210. The highest BCUT2D eigenvalue weighted by molar-refractivity contribution is 5.86. The van der Waals surface area contributed by atoms with Crippen LogP contribution in [-0.4, -0.2) is 21.9 Å². The first-order valence-corrected chi connectivity index (χ1v) is 11.1. The van der Waals surface area contributed by atoms with Gasteiger partial charge in [-0.3, -0.25) is 4.79 Å². The molecule has 0 saturated heterocycles. The Morgan fingerprint density at radius 2 is 1.61 bits per heavy atom. The fourth-order valence-electron chi connectivity index (χ4n) is 4.94. The predicted octanol–water partition coefficient (Wildman–Crippen LogP) is 5.48. The van der Waals surface area contributed by atoms with Crippen molar-refractivity contribution in [1.82, 2.24) is 9.47 Å². The number of para-hydroxylation sites is 1. The zero-order valence-electron chi connectivity index (χ0n) is 18.0. The third-order valence-corrected chi connectivity index (χ3v) is 6.60. The van der Waals surface area contributed by atoms with Gasteiger partial charge in [-0.25, -0.2) is 0 Å². The van der Waals surface area contributed by atoms with Gasteiger partial charge in [0.15, 0.2) is 0 Å². The summed E-state index contributed by atoms with van der Waals surface area (Å²) >= 11 is 0. The largest absolute Gasteiger partial charge is 0.350 e. The van der Waals surface area contributed by atoms with Gasteiger partial charge in [0.1, 0.15) is 0 Å². The molecule has 4 aromatic rings. The fraction of sp³-hybridized carbons (Fsp3) is 0.250. The lowest BCUT2D eigenvalue weighted by Crippen LogP contribution is -2.36. The van der Waals surface area contributed by atoms with Crippen molar-refractivity contribution in [2.24, 2.45) is 7.05 Å². The quantitative estimate of drug-likeness (QED) is 0.429. The summed E-state index contributed by atoms with van der Waals surface area (Å²) in [6.45, 7) is 1.53. The lowest BCUT2D eigenvalue weighted by Gasteiger charge is -2.30. The van der Waals surface area contributed by atoms with Gasteiger partial charge in [-0.1, -0.05) is 72.8 Å². The molecule has 1 aliphatic heterocycles. The van der Waals surface area contributed by atoms with E-state index in [0.29, 0.717) is 6.42 Å². The van der Waals surface area contributed by atoms with Crippen LogP contribution in [0, 0.1) is 0 Å². The van der Waals surface area contributed by atoms with Crippen molar-refractivity contribution in [3.8, 4) is 0 Å². The summed E-state index contributed by atoms with van der Waals surface area (Å²) in [5, 5.41) is 1.25. The van der Waals surface area contributed by atoms with E-state index in [1.54, 1.807) is 0 Å². The molecule has 2 heterocycles. The number of fused-ring (bicyclic) bond motifs is 2. The number of benzene rings is 3. The van der Waals surface area contributed by atoms with Crippen molar-refractivity contribution in [3.05, 3.63) is 107 Å². The Morgan fingerprint density at radius 3 is 2.45 bits per heavy atom. The molecule has 0 fully saturated rings. The van der Waals surface area contributed by atoms with Gasteiger partial charge in [0.05, 0.1) is 0 Å². The molecule has 0 aliphatic carbocycles. The van der Waals surface area contributed by atoms with E-state index in [9.17, 15) is 4.79 Å². The number of carbonyl (C=O) groups is 1. The Labute approximate surface area is 183 Å². The van der Waals surface area contributed by atoms with Gasteiger partial charge < -0.3 is 9.47 Å². The van der Waals surface area contributed by atoms with E-state index in [4.69, 9.17) is 0 Å². The van der Waals surface area contributed by atoms with Crippen LogP contribution in [0.4, 0.5) is 0 Å². The number of aromatic nitrogens is 1. The van der Waals surface area contributed by atoms with Crippen molar-refractivity contribution in [1.29, 1.82) is 0 Å². The van der Waals surface area contributed by atoms with Crippen molar-refractivity contribution >= 4 is 16.8 Å².